The van der Waals surface area contributed by atoms with Crippen LogP contribution in [0, 0.1) is 10.8 Å². The number of rotatable bonds is 2. The fourth-order valence-electron chi connectivity index (χ4n) is 2.95. The minimum Gasteiger partial charge on any atom is -0.194 e. The van der Waals surface area contributed by atoms with Gasteiger partial charge in [0.1, 0.15) is 0 Å². The summed E-state index contributed by atoms with van der Waals surface area (Å²) in [5.41, 5.74) is -0.153. The van der Waals surface area contributed by atoms with Crippen LogP contribution in [0.15, 0.2) is 0 Å². The lowest BCUT2D eigenvalue weighted by molar-refractivity contribution is 0.335. The van der Waals surface area contributed by atoms with Crippen molar-refractivity contribution in [2.75, 3.05) is 6.26 Å². The van der Waals surface area contributed by atoms with Crippen LogP contribution in [0.4, 0.5) is 3.89 Å². The molecule has 0 radical (unpaired) electrons. The predicted molar refractivity (Wildman–Crippen MR) is 71.1 cm³/mol. The van der Waals surface area contributed by atoms with E-state index in [9.17, 15) is 12.3 Å². The Morgan fingerprint density at radius 3 is 1.47 bits per heavy atom. The summed E-state index contributed by atoms with van der Waals surface area (Å²) in [6.45, 7) is 12.3. The summed E-state index contributed by atoms with van der Waals surface area (Å²) in [5.74, 6) is 0. The fourth-order valence-corrected chi connectivity index (χ4v) is 9.89. The molecular weight excluding hydrogens is 263 g/mol. The molecule has 0 saturated carbocycles. The molecule has 0 aliphatic carbocycles. The first kappa shape index (κ1) is 15.2. The monoisotopic (exact) mass is 286 g/mol. The Balaban J connectivity index is 3.07. The lowest BCUT2D eigenvalue weighted by Gasteiger charge is -2.23. The van der Waals surface area contributed by atoms with Gasteiger partial charge in [0, 0.05) is 10.5 Å². The van der Waals surface area contributed by atoms with Crippen molar-refractivity contribution in [3.8, 4) is 0 Å². The van der Waals surface area contributed by atoms with E-state index in [4.69, 9.17) is 3.63 Å². The summed E-state index contributed by atoms with van der Waals surface area (Å²) in [7, 11) is -6.76. The Labute approximate surface area is 106 Å². The summed E-state index contributed by atoms with van der Waals surface area (Å²) in [6.07, 6.45) is 1.77. The Morgan fingerprint density at radius 1 is 1.00 bits per heavy atom. The molecule has 0 aromatic carbocycles. The van der Waals surface area contributed by atoms with Crippen LogP contribution in [0.1, 0.15) is 41.5 Å². The van der Waals surface area contributed by atoms with Crippen LogP contribution in [0.2, 0.25) is 0 Å². The molecule has 1 fully saturated rings. The van der Waals surface area contributed by atoms with Crippen LogP contribution in [-0.4, -0.2) is 25.2 Å². The van der Waals surface area contributed by atoms with Gasteiger partial charge in [0.25, 0.3) is 0 Å². The van der Waals surface area contributed by atoms with E-state index < -0.39 is 20.8 Å². The largest absolute Gasteiger partial charge is 0.447 e. The highest BCUT2D eigenvalue weighted by molar-refractivity contribution is 8.39. The molecule has 1 rings (SSSR count). The van der Waals surface area contributed by atoms with E-state index in [-0.39, 0.29) is 21.3 Å². The zero-order chi connectivity index (χ0) is 13.9. The summed E-state index contributed by atoms with van der Waals surface area (Å²) in [5, 5.41) is 0.223. The van der Waals surface area contributed by atoms with Crippen LogP contribution >= 0.6 is 10.3 Å². The SMILES string of the molecule is CC(C)(C)C1C(C(C)(C)C)S1(C)OS(=O)(=O)F. The maximum atomic E-state index is 12.8. The molecule has 0 spiro atoms. The maximum absolute atomic E-state index is 12.8. The van der Waals surface area contributed by atoms with Gasteiger partial charge in [0.2, 0.25) is 0 Å². The molecular formula is C11H23FO3S2. The van der Waals surface area contributed by atoms with Gasteiger partial charge < -0.3 is 0 Å². The fraction of sp³-hybridized carbons (Fsp3) is 1.00. The first-order valence-electron chi connectivity index (χ1n) is 5.61. The second kappa shape index (κ2) is 3.84. The molecule has 2 unspecified atom stereocenters. The molecule has 1 heterocycles. The first-order chi connectivity index (χ1) is 7.20. The molecule has 1 saturated heterocycles. The summed E-state index contributed by atoms with van der Waals surface area (Å²) >= 11 is 0. The van der Waals surface area contributed by atoms with Crippen LogP contribution in [0.25, 0.3) is 0 Å². The third-order valence-electron chi connectivity index (χ3n) is 3.14. The zero-order valence-corrected chi connectivity index (χ0v) is 13.2. The highest BCUT2D eigenvalue weighted by atomic mass is 32.3. The van der Waals surface area contributed by atoms with Crippen molar-refractivity contribution in [3.05, 3.63) is 0 Å². The third-order valence-corrected chi connectivity index (χ3v) is 8.63. The van der Waals surface area contributed by atoms with E-state index in [1.165, 1.54) is 0 Å². The van der Waals surface area contributed by atoms with E-state index in [1.807, 2.05) is 41.5 Å². The van der Waals surface area contributed by atoms with Crippen LogP contribution in [0.3, 0.4) is 0 Å². The van der Waals surface area contributed by atoms with Crippen LogP contribution < -0.4 is 0 Å². The van der Waals surface area contributed by atoms with Gasteiger partial charge in [0.15, 0.2) is 0 Å². The molecule has 0 aromatic heterocycles. The van der Waals surface area contributed by atoms with Crippen molar-refractivity contribution in [3.63, 3.8) is 0 Å². The smallest absolute Gasteiger partial charge is 0.194 e. The van der Waals surface area contributed by atoms with E-state index in [0.29, 0.717) is 0 Å². The first-order valence-corrected chi connectivity index (χ1v) is 9.01. The summed E-state index contributed by atoms with van der Waals surface area (Å²) < 4.78 is 39.1. The minimum absolute atomic E-state index is 0.0767. The molecule has 0 bridgehead atoms. The van der Waals surface area contributed by atoms with Crippen molar-refractivity contribution in [2.45, 2.75) is 52.0 Å². The predicted octanol–water partition coefficient (Wildman–Crippen LogP) is 3.41. The van der Waals surface area contributed by atoms with Gasteiger partial charge in [-0.15, -0.1) is 10.3 Å². The van der Waals surface area contributed by atoms with Gasteiger partial charge >= 0.3 is 10.5 Å². The van der Waals surface area contributed by atoms with Gasteiger partial charge in [0.05, 0.1) is 0 Å². The van der Waals surface area contributed by atoms with Crippen molar-refractivity contribution in [2.24, 2.45) is 10.8 Å². The third kappa shape index (κ3) is 3.15. The molecule has 0 amide bonds. The molecule has 17 heavy (non-hydrogen) atoms. The van der Waals surface area contributed by atoms with Crippen molar-refractivity contribution < 1.29 is 15.9 Å². The van der Waals surface area contributed by atoms with Gasteiger partial charge in [-0.2, -0.15) is 12.0 Å². The summed E-state index contributed by atoms with van der Waals surface area (Å²) in [6, 6.07) is 0. The highest BCUT2D eigenvalue weighted by Gasteiger charge is 2.68. The lowest BCUT2D eigenvalue weighted by Crippen LogP contribution is -2.23. The maximum Gasteiger partial charge on any atom is 0.447 e. The Hall–Kier alpha value is 0.190. The minimum atomic E-state index is -4.87. The van der Waals surface area contributed by atoms with Crippen LogP contribution in [0.5, 0.6) is 0 Å². The molecule has 2 atom stereocenters. The normalized spacial score (nSPS) is 38.6. The van der Waals surface area contributed by atoms with Gasteiger partial charge in [-0.1, -0.05) is 45.4 Å². The average molecular weight is 286 g/mol. The topological polar surface area (TPSA) is 43.4 Å². The number of hydrogen-bond donors (Lipinski definition) is 0. The molecule has 1 aliphatic heterocycles. The highest BCUT2D eigenvalue weighted by Crippen LogP contribution is 2.81. The van der Waals surface area contributed by atoms with Crippen molar-refractivity contribution in [1.29, 1.82) is 0 Å². The van der Waals surface area contributed by atoms with Gasteiger partial charge in [-0.25, -0.2) is 0 Å². The van der Waals surface area contributed by atoms with Gasteiger partial charge in [-0.3, -0.25) is 0 Å². The molecule has 104 valence electrons. The summed E-state index contributed by atoms with van der Waals surface area (Å²) in [4.78, 5) is 0. The zero-order valence-electron chi connectivity index (χ0n) is 11.6. The molecule has 6 heteroatoms. The average Bonchev–Trinajstić information content (AvgIpc) is 2.47. The second-order valence-corrected chi connectivity index (χ2v) is 11.3. The molecule has 0 aromatic rings. The second-order valence-electron chi connectivity index (χ2n) is 7.00. The molecule has 0 N–H and O–H groups in total. The van der Waals surface area contributed by atoms with Gasteiger partial charge in [-0.05, 0) is 17.1 Å². The van der Waals surface area contributed by atoms with Crippen LogP contribution in [-0.2, 0) is 14.1 Å². The van der Waals surface area contributed by atoms with E-state index in [0.717, 1.165) is 0 Å². The Kier molecular flexibility index (Phi) is 3.44. The lowest BCUT2D eigenvalue weighted by atomic mass is 9.81. The quantitative estimate of drug-likeness (QED) is 0.577. The molecule has 1 aliphatic rings. The van der Waals surface area contributed by atoms with E-state index in [2.05, 4.69) is 0 Å². The Morgan fingerprint density at radius 2 is 1.29 bits per heavy atom. The molecule has 3 nitrogen and oxygen atoms in total. The van der Waals surface area contributed by atoms with E-state index >= 15 is 0 Å². The number of halogens is 1. The van der Waals surface area contributed by atoms with Crippen molar-refractivity contribution >= 4 is 20.8 Å². The van der Waals surface area contributed by atoms with Crippen molar-refractivity contribution in [1.82, 2.24) is 0 Å². The number of hydrogen-bond acceptors (Lipinski definition) is 3. The van der Waals surface area contributed by atoms with E-state index in [1.54, 1.807) is 6.26 Å². The standard InChI is InChI=1S/C11H23FO3S2/c1-10(2,3)8-9(11(4,5)6)16(8,7)15-17(12,13)14/h8-9H,1-7H3. The Bertz CT molecular complexity index is 383.